The molecule has 1 aromatic heterocycles. The average molecular weight is 274 g/mol. The van der Waals surface area contributed by atoms with Gasteiger partial charge in [0.1, 0.15) is 0 Å². The molecule has 19 heavy (non-hydrogen) atoms. The van der Waals surface area contributed by atoms with Crippen LogP contribution in [0.2, 0.25) is 0 Å². The van der Waals surface area contributed by atoms with Crippen LogP contribution < -0.4 is 0 Å². The largest absolute Gasteiger partial charge is 0.378 e. The lowest BCUT2D eigenvalue weighted by Gasteiger charge is -2.07. The molecule has 0 saturated carbocycles. The van der Waals surface area contributed by atoms with Crippen molar-refractivity contribution in [3.63, 3.8) is 0 Å². The van der Waals surface area contributed by atoms with E-state index in [1.807, 2.05) is 23.6 Å². The van der Waals surface area contributed by atoms with E-state index in [1.54, 1.807) is 11.3 Å². The minimum atomic E-state index is 0.274. The fourth-order valence-corrected chi connectivity index (χ4v) is 3.66. The molecule has 0 radical (unpaired) electrons. The van der Waals surface area contributed by atoms with E-state index in [4.69, 9.17) is 4.74 Å². The SMILES string of the molecule is O=C(CCCC1CCCO1)c1csc2ccccc12. The first-order chi connectivity index (χ1) is 9.34. The van der Waals surface area contributed by atoms with Crippen LogP contribution in [0.1, 0.15) is 42.5 Å². The lowest BCUT2D eigenvalue weighted by atomic mass is 10.0. The van der Waals surface area contributed by atoms with Gasteiger partial charge in [-0.1, -0.05) is 18.2 Å². The van der Waals surface area contributed by atoms with E-state index in [9.17, 15) is 4.79 Å². The molecule has 0 spiro atoms. The number of carbonyl (C=O) groups is 1. The summed E-state index contributed by atoms with van der Waals surface area (Å²) < 4.78 is 6.79. The number of rotatable bonds is 5. The fourth-order valence-electron chi connectivity index (χ4n) is 2.69. The van der Waals surface area contributed by atoms with Crippen LogP contribution in [0.5, 0.6) is 0 Å². The number of Topliss-reactive ketones (excluding diaryl/α,β-unsaturated/α-hetero) is 1. The van der Waals surface area contributed by atoms with Crippen molar-refractivity contribution in [1.82, 2.24) is 0 Å². The molecule has 1 aliphatic heterocycles. The lowest BCUT2D eigenvalue weighted by Crippen LogP contribution is -2.06. The van der Waals surface area contributed by atoms with E-state index in [2.05, 4.69) is 6.07 Å². The van der Waals surface area contributed by atoms with E-state index >= 15 is 0 Å². The number of hydrogen-bond acceptors (Lipinski definition) is 3. The summed E-state index contributed by atoms with van der Waals surface area (Å²) in [5.74, 6) is 0.274. The second-order valence-corrected chi connectivity index (χ2v) is 6.01. The van der Waals surface area contributed by atoms with E-state index in [0.29, 0.717) is 12.5 Å². The topological polar surface area (TPSA) is 26.3 Å². The number of ketones is 1. The summed E-state index contributed by atoms with van der Waals surface area (Å²) in [7, 11) is 0. The number of benzene rings is 1. The zero-order valence-electron chi connectivity index (χ0n) is 10.9. The van der Waals surface area contributed by atoms with Gasteiger partial charge in [0.25, 0.3) is 0 Å². The minimum absolute atomic E-state index is 0.274. The first-order valence-corrected chi connectivity index (χ1v) is 7.83. The van der Waals surface area contributed by atoms with Crippen molar-refractivity contribution in [3.05, 3.63) is 35.2 Å². The Morgan fingerprint density at radius 1 is 1.37 bits per heavy atom. The van der Waals surface area contributed by atoms with E-state index in [0.717, 1.165) is 36.8 Å². The molecule has 3 rings (SSSR count). The summed E-state index contributed by atoms with van der Waals surface area (Å²) in [6.07, 6.45) is 5.33. The van der Waals surface area contributed by atoms with Crippen LogP contribution in [0, 0.1) is 0 Å². The number of fused-ring (bicyclic) bond motifs is 1. The van der Waals surface area contributed by atoms with Crippen molar-refractivity contribution < 1.29 is 9.53 Å². The molecular weight excluding hydrogens is 256 g/mol. The first-order valence-electron chi connectivity index (χ1n) is 6.95. The molecule has 0 N–H and O–H groups in total. The normalized spacial score (nSPS) is 19.1. The third kappa shape index (κ3) is 2.88. The fraction of sp³-hybridized carbons (Fsp3) is 0.438. The molecule has 100 valence electrons. The van der Waals surface area contributed by atoms with E-state index in [-0.39, 0.29) is 5.78 Å². The van der Waals surface area contributed by atoms with Crippen LogP contribution >= 0.6 is 11.3 Å². The van der Waals surface area contributed by atoms with E-state index in [1.165, 1.54) is 11.1 Å². The van der Waals surface area contributed by atoms with Gasteiger partial charge >= 0.3 is 0 Å². The Bertz CT molecular complexity index is 567. The average Bonchev–Trinajstić information content (AvgIpc) is 3.07. The van der Waals surface area contributed by atoms with Gasteiger partial charge in [0.05, 0.1) is 6.10 Å². The number of thiophene rings is 1. The van der Waals surface area contributed by atoms with Crippen LogP contribution in [0.4, 0.5) is 0 Å². The third-order valence-corrected chi connectivity index (χ3v) is 4.70. The predicted molar refractivity (Wildman–Crippen MR) is 79.0 cm³/mol. The van der Waals surface area contributed by atoms with Gasteiger partial charge < -0.3 is 4.74 Å². The molecular formula is C16H18O2S. The summed E-state index contributed by atoms with van der Waals surface area (Å²) in [6, 6.07) is 8.13. The molecule has 1 saturated heterocycles. The zero-order valence-corrected chi connectivity index (χ0v) is 11.7. The number of carbonyl (C=O) groups excluding carboxylic acids is 1. The highest BCUT2D eigenvalue weighted by molar-refractivity contribution is 7.17. The predicted octanol–water partition coefficient (Wildman–Crippen LogP) is 4.43. The maximum absolute atomic E-state index is 12.3. The molecule has 1 aliphatic rings. The van der Waals surface area contributed by atoms with E-state index < -0.39 is 0 Å². The maximum atomic E-state index is 12.3. The van der Waals surface area contributed by atoms with Gasteiger partial charge in [-0.05, 0) is 31.7 Å². The standard InChI is InChI=1S/C16H18O2S/c17-15(8-3-5-12-6-4-10-18-12)14-11-19-16-9-2-1-7-13(14)16/h1-2,7,9,11-12H,3-6,8,10H2. The highest BCUT2D eigenvalue weighted by Crippen LogP contribution is 2.27. The van der Waals surface area contributed by atoms with Crippen molar-refractivity contribution in [1.29, 1.82) is 0 Å². The summed E-state index contributed by atoms with van der Waals surface area (Å²) in [4.78, 5) is 12.3. The van der Waals surface area contributed by atoms with Crippen LogP contribution in [-0.4, -0.2) is 18.5 Å². The molecule has 2 aromatic rings. The monoisotopic (exact) mass is 274 g/mol. The first kappa shape index (κ1) is 12.8. The van der Waals surface area contributed by atoms with Crippen molar-refractivity contribution in [3.8, 4) is 0 Å². The minimum Gasteiger partial charge on any atom is -0.378 e. The van der Waals surface area contributed by atoms with Crippen molar-refractivity contribution in [2.75, 3.05) is 6.61 Å². The summed E-state index contributed by atoms with van der Waals surface area (Å²) in [5.41, 5.74) is 0.896. The molecule has 1 atom stereocenters. The Morgan fingerprint density at radius 3 is 3.11 bits per heavy atom. The molecule has 2 heterocycles. The van der Waals surface area contributed by atoms with Crippen molar-refractivity contribution in [2.45, 2.75) is 38.2 Å². The summed E-state index contributed by atoms with van der Waals surface area (Å²) in [6.45, 7) is 0.897. The van der Waals surface area contributed by atoms with Crippen LogP contribution in [0.25, 0.3) is 10.1 Å². The Balaban J connectivity index is 1.60. The van der Waals surface area contributed by atoms with Crippen molar-refractivity contribution >= 4 is 27.2 Å². The third-order valence-electron chi connectivity index (χ3n) is 3.74. The Kier molecular flexibility index (Phi) is 3.95. The lowest BCUT2D eigenvalue weighted by molar-refractivity contribution is 0.0924. The molecule has 0 aliphatic carbocycles. The molecule has 0 bridgehead atoms. The number of hydrogen-bond donors (Lipinski definition) is 0. The Morgan fingerprint density at radius 2 is 2.26 bits per heavy atom. The Hall–Kier alpha value is -1.19. The zero-order chi connectivity index (χ0) is 13.1. The molecule has 0 amide bonds. The van der Waals surface area contributed by atoms with Crippen LogP contribution in [0.3, 0.4) is 0 Å². The van der Waals surface area contributed by atoms with Gasteiger partial charge in [-0.2, -0.15) is 0 Å². The highest BCUT2D eigenvalue weighted by atomic mass is 32.1. The summed E-state index contributed by atoms with van der Waals surface area (Å²) in [5, 5.41) is 3.11. The Labute approximate surface area is 117 Å². The second-order valence-electron chi connectivity index (χ2n) is 5.10. The van der Waals surface area contributed by atoms with Crippen LogP contribution in [0.15, 0.2) is 29.6 Å². The highest BCUT2D eigenvalue weighted by Gasteiger charge is 2.16. The molecule has 1 unspecified atom stereocenters. The van der Waals surface area contributed by atoms with Gasteiger partial charge in [0, 0.05) is 34.1 Å². The molecule has 1 aromatic carbocycles. The van der Waals surface area contributed by atoms with Gasteiger partial charge in [-0.25, -0.2) is 0 Å². The van der Waals surface area contributed by atoms with Gasteiger partial charge in [0.15, 0.2) is 5.78 Å². The maximum Gasteiger partial charge on any atom is 0.164 e. The molecule has 1 fully saturated rings. The van der Waals surface area contributed by atoms with Gasteiger partial charge in [0.2, 0.25) is 0 Å². The molecule has 3 heteroatoms. The van der Waals surface area contributed by atoms with Gasteiger partial charge in [-0.3, -0.25) is 4.79 Å². The quantitative estimate of drug-likeness (QED) is 0.754. The van der Waals surface area contributed by atoms with Crippen molar-refractivity contribution in [2.24, 2.45) is 0 Å². The van der Waals surface area contributed by atoms with Gasteiger partial charge in [-0.15, -0.1) is 11.3 Å². The second kappa shape index (κ2) is 5.85. The molecule has 2 nitrogen and oxygen atoms in total. The van der Waals surface area contributed by atoms with Crippen LogP contribution in [-0.2, 0) is 4.74 Å². The number of ether oxygens (including phenoxy) is 1. The smallest absolute Gasteiger partial charge is 0.164 e. The summed E-state index contributed by atoms with van der Waals surface area (Å²) >= 11 is 1.66.